The summed E-state index contributed by atoms with van der Waals surface area (Å²) in [7, 11) is 0. The molecule has 0 spiro atoms. The van der Waals surface area contributed by atoms with Gasteiger partial charge < -0.3 is 10.4 Å². The predicted molar refractivity (Wildman–Crippen MR) is 72.3 cm³/mol. The first-order chi connectivity index (χ1) is 8.56. The second-order valence-corrected chi connectivity index (χ2v) is 5.37. The Morgan fingerprint density at radius 1 is 1.44 bits per heavy atom. The lowest BCUT2D eigenvalue weighted by molar-refractivity contribution is 0.0698. The summed E-state index contributed by atoms with van der Waals surface area (Å²) in [6.07, 6.45) is 1.81. The van der Waals surface area contributed by atoms with Crippen molar-refractivity contribution in [2.24, 2.45) is 0 Å². The predicted octanol–water partition coefficient (Wildman–Crippen LogP) is 3.07. The van der Waals surface area contributed by atoms with Crippen LogP contribution in [-0.2, 0) is 6.54 Å². The van der Waals surface area contributed by atoms with E-state index >= 15 is 0 Å². The number of aromatic nitrogens is 1. The summed E-state index contributed by atoms with van der Waals surface area (Å²) in [5, 5.41) is 13.3. The zero-order chi connectivity index (χ0) is 13.1. The fourth-order valence-electron chi connectivity index (χ4n) is 1.66. The fraction of sp³-hybridized carbons (Fsp3) is 0.231. The van der Waals surface area contributed by atoms with Crippen molar-refractivity contribution in [1.82, 2.24) is 4.98 Å². The van der Waals surface area contributed by atoms with Crippen LogP contribution in [0, 0.1) is 13.8 Å². The van der Waals surface area contributed by atoms with Gasteiger partial charge in [-0.3, -0.25) is 0 Å². The average molecular weight is 262 g/mol. The maximum atomic E-state index is 11.1. The number of aryl methyl sites for hydroxylation is 2. The van der Waals surface area contributed by atoms with Gasteiger partial charge in [0.1, 0.15) is 0 Å². The Balaban J connectivity index is 2.16. The second-order valence-electron chi connectivity index (χ2n) is 4.05. The van der Waals surface area contributed by atoms with Crippen LogP contribution in [-0.4, -0.2) is 16.1 Å². The molecule has 0 bridgehead atoms. The monoisotopic (exact) mass is 262 g/mol. The van der Waals surface area contributed by atoms with Gasteiger partial charge in [-0.1, -0.05) is 11.6 Å². The topological polar surface area (TPSA) is 62.2 Å². The average Bonchev–Trinajstić information content (AvgIpc) is 2.73. The summed E-state index contributed by atoms with van der Waals surface area (Å²) in [5.41, 5.74) is 1.88. The first-order valence-corrected chi connectivity index (χ1v) is 6.37. The van der Waals surface area contributed by atoms with Gasteiger partial charge in [0.25, 0.3) is 0 Å². The van der Waals surface area contributed by atoms with Crippen molar-refractivity contribution < 1.29 is 9.90 Å². The van der Waals surface area contributed by atoms with E-state index in [9.17, 15) is 4.79 Å². The number of carboxylic acids is 1. The van der Waals surface area contributed by atoms with Crippen molar-refractivity contribution in [2.45, 2.75) is 20.4 Å². The molecule has 0 amide bonds. The van der Waals surface area contributed by atoms with Crippen molar-refractivity contribution in [3.8, 4) is 0 Å². The van der Waals surface area contributed by atoms with E-state index in [0.29, 0.717) is 17.8 Å². The molecule has 0 aliphatic rings. The van der Waals surface area contributed by atoms with Gasteiger partial charge in [0.2, 0.25) is 0 Å². The van der Waals surface area contributed by atoms with E-state index in [0.717, 1.165) is 15.4 Å². The van der Waals surface area contributed by atoms with Crippen molar-refractivity contribution in [3.05, 3.63) is 45.4 Å². The first kappa shape index (κ1) is 12.6. The summed E-state index contributed by atoms with van der Waals surface area (Å²) in [6.45, 7) is 4.42. The molecule has 0 fully saturated rings. The third kappa shape index (κ3) is 2.87. The normalized spacial score (nSPS) is 10.3. The highest BCUT2D eigenvalue weighted by molar-refractivity contribution is 7.11. The van der Waals surface area contributed by atoms with Gasteiger partial charge in [-0.25, -0.2) is 9.78 Å². The summed E-state index contributed by atoms with van der Waals surface area (Å²) in [4.78, 5) is 16.4. The van der Waals surface area contributed by atoms with E-state index < -0.39 is 5.97 Å². The number of aromatic carboxylic acids is 1. The number of nitrogens with zero attached hydrogens (tertiary/aromatic N) is 1. The van der Waals surface area contributed by atoms with Gasteiger partial charge in [-0.15, -0.1) is 11.3 Å². The molecule has 1 aromatic carbocycles. The Bertz CT molecular complexity index is 578. The molecule has 0 radical (unpaired) electrons. The Labute approximate surface area is 109 Å². The zero-order valence-electron chi connectivity index (χ0n) is 10.2. The molecule has 2 rings (SSSR count). The number of carbonyl (C=O) groups is 1. The molecule has 94 valence electrons. The molecular weight excluding hydrogens is 248 g/mol. The van der Waals surface area contributed by atoms with Crippen LogP contribution in [0.15, 0.2) is 24.4 Å². The van der Waals surface area contributed by atoms with E-state index in [2.05, 4.69) is 10.3 Å². The number of rotatable bonds is 4. The highest BCUT2D eigenvalue weighted by Crippen LogP contribution is 2.20. The maximum Gasteiger partial charge on any atom is 0.337 e. The summed E-state index contributed by atoms with van der Waals surface area (Å²) in [6, 6.07) is 5.36. The van der Waals surface area contributed by atoms with E-state index in [1.54, 1.807) is 23.5 Å². The molecule has 1 aromatic heterocycles. The van der Waals surface area contributed by atoms with Gasteiger partial charge in [0.05, 0.1) is 17.1 Å². The van der Waals surface area contributed by atoms with Crippen LogP contribution in [0.5, 0.6) is 0 Å². The smallest absolute Gasteiger partial charge is 0.337 e. The number of hydrogen-bond donors (Lipinski definition) is 2. The second kappa shape index (κ2) is 5.18. The lowest BCUT2D eigenvalue weighted by Gasteiger charge is -2.09. The largest absolute Gasteiger partial charge is 0.478 e. The molecule has 0 aliphatic carbocycles. The lowest BCUT2D eigenvalue weighted by Crippen LogP contribution is -2.06. The minimum Gasteiger partial charge on any atom is -0.478 e. The lowest BCUT2D eigenvalue weighted by atomic mass is 10.1. The van der Waals surface area contributed by atoms with Gasteiger partial charge in [-0.05, 0) is 26.0 Å². The molecule has 2 N–H and O–H groups in total. The molecule has 2 aromatic rings. The third-order valence-corrected chi connectivity index (χ3v) is 3.44. The summed E-state index contributed by atoms with van der Waals surface area (Å²) >= 11 is 1.60. The Kier molecular flexibility index (Phi) is 3.62. The molecule has 0 atom stereocenters. The van der Waals surface area contributed by atoms with Gasteiger partial charge in [0, 0.05) is 16.8 Å². The molecule has 0 aliphatic heterocycles. The van der Waals surface area contributed by atoms with Crippen molar-refractivity contribution in [1.29, 1.82) is 0 Å². The molecule has 5 heteroatoms. The summed E-state index contributed by atoms with van der Waals surface area (Å²) < 4.78 is 0. The number of carboxylic acid groups (broad SMARTS) is 1. The van der Waals surface area contributed by atoms with E-state index in [1.807, 2.05) is 26.1 Å². The standard InChI is InChI=1S/C13H14N2O2S/c1-8-3-4-12(11(5-8)13(16)17)15-7-10-6-14-9(2)18-10/h3-6,15H,7H2,1-2H3,(H,16,17). The fourth-order valence-corrected chi connectivity index (χ4v) is 2.39. The van der Waals surface area contributed by atoms with Crippen LogP contribution in [0.3, 0.4) is 0 Å². The Morgan fingerprint density at radius 2 is 2.22 bits per heavy atom. The minimum atomic E-state index is -0.915. The van der Waals surface area contributed by atoms with E-state index in [-0.39, 0.29) is 0 Å². The molecule has 1 heterocycles. The summed E-state index contributed by atoms with van der Waals surface area (Å²) in [5.74, 6) is -0.915. The number of hydrogen-bond acceptors (Lipinski definition) is 4. The minimum absolute atomic E-state index is 0.302. The molecule has 0 unspecified atom stereocenters. The van der Waals surface area contributed by atoms with E-state index in [4.69, 9.17) is 5.11 Å². The number of anilines is 1. The highest BCUT2D eigenvalue weighted by atomic mass is 32.1. The van der Waals surface area contributed by atoms with Crippen LogP contribution in [0.2, 0.25) is 0 Å². The zero-order valence-corrected chi connectivity index (χ0v) is 11.0. The SMILES string of the molecule is Cc1ccc(NCc2cnc(C)s2)c(C(=O)O)c1. The van der Waals surface area contributed by atoms with Gasteiger partial charge in [-0.2, -0.15) is 0 Å². The molecule has 4 nitrogen and oxygen atoms in total. The maximum absolute atomic E-state index is 11.1. The van der Waals surface area contributed by atoms with Crippen molar-refractivity contribution in [3.63, 3.8) is 0 Å². The van der Waals surface area contributed by atoms with Crippen molar-refractivity contribution in [2.75, 3.05) is 5.32 Å². The Morgan fingerprint density at radius 3 is 2.83 bits per heavy atom. The molecular formula is C13H14N2O2S. The van der Waals surface area contributed by atoms with Crippen LogP contribution >= 0.6 is 11.3 Å². The van der Waals surface area contributed by atoms with Crippen LogP contribution < -0.4 is 5.32 Å². The van der Waals surface area contributed by atoms with Crippen LogP contribution in [0.4, 0.5) is 5.69 Å². The number of nitrogens with one attached hydrogen (secondary N) is 1. The van der Waals surface area contributed by atoms with Crippen molar-refractivity contribution >= 4 is 23.0 Å². The highest BCUT2D eigenvalue weighted by Gasteiger charge is 2.10. The molecule has 0 saturated carbocycles. The Hall–Kier alpha value is -1.88. The molecule has 18 heavy (non-hydrogen) atoms. The van der Waals surface area contributed by atoms with E-state index in [1.165, 1.54) is 0 Å². The third-order valence-electron chi connectivity index (χ3n) is 2.53. The van der Waals surface area contributed by atoms with Gasteiger partial charge in [0.15, 0.2) is 0 Å². The number of thiazole rings is 1. The molecule has 0 saturated heterocycles. The van der Waals surface area contributed by atoms with Crippen LogP contribution in [0.25, 0.3) is 0 Å². The number of benzene rings is 1. The van der Waals surface area contributed by atoms with Gasteiger partial charge >= 0.3 is 5.97 Å². The van der Waals surface area contributed by atoms with Crippen LogP contribution in [0.1, 0.15) is 25.8 Å². The quantitative estimate of drug-likeness (QED) is 0.889. The first-order valence-electron chi connectivity index (χ1n) is 5.55.